The molecule has 3 rings (SSSR count). The third-order valence-corrected chi connectivity index (χ3v) is 3.99. The Morgan fingerprint density at radius 3 is 2.82 bits per heavy atom. The zero-order valence-electron chi connectivity index (χ0n) is 10.0. The highest BCUT2D eigenvalue weighted by molar-refractivity contribution is 5.01. The van der Waals surface area contributed by atoms with Gasteiger partial charge in [0.05, 0.1) is 12.1 Å². The minimum atomic E-state index is -0.239. The van der Waals surface area contributed by atoms with Gasteiger partial charge in [-0.25, -0.2) is 0 Å². The number of hydrogen-bond acceptors (Lipinski definition) is 4. The van der Waals surface area contributed by atoms with E-state index in [4.69, 9.17) is 0 Å². The SMILES string of the molecule is OC1CNC(c2nncn2C2CCCCC2)C1. The molecule has 17 heavy (non-hydrogen) atoms. The number of β-amino-alcohol motifs (C(OH)–C–C–N with tert-alkyl or cyclic N) is 1. The fraction of sp³-hybridized carbons (Fsp3) is 0.833. The Labute approximate surface area is 101 Å². The summed E-state index contributed by atoms with van der Waals surface area (Å²) in [5.74, 6) is 1.01. The molecule has 2 fully saturated rings. The highest BCUT2D eigenvalue weighted by Gasteiger charge is 2.29. The molecular weight excluding hydrogens is 216 g/mol. The summed E-state index contributed by atoms with van der Waals surface area (Å²) in [7, 11) is 0. The van der Waals surface area contributed by atoms with Crippen molar-refractivity contribution in [2.24, 2.45) is 0 Å². The van der Waals surface area contributed by atoms with E-state index in [1.54, 1.807) is 0 Å². The predicted molar refractivity (Wildman–Crippen MR) is 63.5 cm³/mol. The van der Waals surface area contributed by atoms with Gasteiger partial charge in [0.25, 0.3) is 0 Å². The standard InChI is InChI=1S/C12H20N4O/c17-10-6-11(13-7-10)12-15-14-8-16(12)9-4-2-1-3-5-9/h8-11,13,17H,1-7H2. The molecule has 2 heterocycles. The van der Waals surface area contributed by atoms with Crippen LogP contribution in [-0.4, -0.2) is 32.5 Å². The van der Waals surface area contributed by atoms with Crippen molar-refractivity contribution in [3.8, 4) is 0 Å². The first kappa shape index (κ1) is 11.2. The van der Waals surface area contributed by atoms with Gasteiger partial charge >= 0.3 is 0 Å². The Kier molecular flexibility index (Phi) is 3.11. The Morgan fingerprint density at radius 2 is 2.12 bits per heavy atom. The van der Waals surface area contributed by atoms with E-state index in [0.29, 0.717) is 12.6 Å². The van der Waals surface area contributed by atoms with Crippen LogP contribution in [0.5, 0.6) is 0 Å². The van der Waals surface area contributed by atoms with Crippen molar-refractivity contribution >= 4 is 0 Å². The van der Waals surface area contributed by atoms with Crippen molar-refractivity contribution in [1.82, 2.24) is 20.1 Å². The largest absolute Gasteiger partial charge is 0.392 e. The molecule has 1 aromatic heterocycles. The first-order chi connectivity index (χ1) is 8.34. The van der Waals surface area contributed by atoms with E-state index >= 15 is 0 Å². The van der Waals surface area contributed by atoms with Gasteiger partial charge in [0.15, 0.2) is 0 Å². The first-order valence-electron chi connectivity index (χ1n) is 6.65. The Balaban J connectivity index is 1.78. The lowest BCUT2D eigenvalue weighted by Crippen LogP contribution is -2.21. The Hall–Kier alpha value is -0.940. The smallest absolute Gasteiger partial charge is 0.150 e. The normalized spacial score (nSPS) is 30.9. The van der Waals surface area contributed by atoms with Gasteiger partial charge in [-0.15, -0.1) is 10.2 Å². The molecule has 1 saturated heterocycles. The van der Waals surface area contributed by atoms with Crippen molar-refractivity contribution in [1.29, 1.82) is 0 Å². The fourth-order valence-corrected chi connectivity index (χ4v) is 3.06. The zero-order valence-corrected chi connectivity index (χ0v) is 10.0. The molecule has 5 nitrogen and oxygen atoms in total. The van der Waals surface area contributed by atoms with Gasteiger partial charge in [-0.3, -0.25) is 0 Å². The number of nitrogens with one attached hydrogen (secondary N) is 1. The topological polar surface area (TPSA) is 63.0 Å². The number of aliphatic hydroxyl groups excluding tert-OH is 1. The van der Waals surface area contributed by atoms with Crippen LogP contribution in [0.3, 0.4) is 0 Å². The van der Waals surface area contributed by atoms with Crippen LogP contribution in [0.4, 0.5) is 0 Å². The van der Waals surface area contributed by atoms with Crippen molar-refractivity contribution in [2.75, 3.05) is 6.54 Å². The molecule has 2 aliphatic rings. The maximum atomic E-state index is 9.58. The highest BCUT2D eigenvalue weighted by Crippen LogP contribution is 2.31. The minimum absolute atomic E-state index is 0.175. The fourth-order valence-electron chi connectivity index (χ4n) is 3.06. The lowest BCUT2D eigenvalue weighted by atomic mass is 9.95. The number of aliphatic hydroxyl groups is 1. The molecule has 2 atom stereocenters. The zero-order chi connectivity index (χ0) is 11.7. The van der Waals surface area contributed by atoms with Crippen LogP contribution in [-0.2, 0) is 0 Å². The maximum absolute atomic E-state index is 9.58. The summed E-state index contributed by atoms with van der Waals surface area (Å²) in [6.45, 7) is 0.669. The maximum Gasteiger partial charge on any atom is 0.150 e. The summed E-state index contributed by atoms with van der Waals surface area (Å²) in [4.78, 5) is 0. The van der Waals surface area contributed by atoms with Gasteiger partial charge < -0.3 is 15.0 Å². The molecular formula is C12H20N4O. The number of hydrogen-bond donors (Lipinski definition) is 2. The molecule has 2 N–H and O–H groups in total. The monoisotopic (exact) mass is 236 g/mol. The van der Waals surface area contributed by atoms with Crippen LogP contribution in [0.1, 0.15) is 56.4 Å². The molecule has 0 bridgehead atoms. The minimum Gasteiger partial charge on any atom is -0.392 e. The second kappa shape index (κ2) is 4.74. The van der Waals surface area contributed by atoms with Crippen LogP contribution in [0.25, 0.3) is 0 Å². The Bertz CT molecular complexity index is 353. The van der Waals surface area contributed by atoms with Gasteiger partial charge in [-0.2, -0.15) is 0 Å². The molecule has 0 radical (unpaired) electrons. The lowest BCUT2D eigenvalue weighted by Gasteiger charge is -2.25. The summed E-state index contributed by atoms with van der Waals surface area (Å²) in [5, 5.41) is 21.2. The second-order valence-electron chi connectivity index (χ2n) is 5.24. The molecule has 5 heteroatoms. The number of rotatable bonds is 2. The highest BCUT2D eigenvalue weighted by atomic mass is 16.3. The van der Waals surface area contributed by atoms with E-state index < -0.39 is 0 Å². The van der Waals surface area contributed by atoms with Crippen molar-refractivity contribution < 1.29 is 5.11 Å². The van der Waals surface area contributed by atoms with E-state index in [9.17, 15) is 5.11 Å². The first-order valence-corrected chi connectivity index (χ1v) is 6.65. The summed E-state index contributed by atoms with van der Waals surface area (Å²) < 4.78 is 2.23. The summed E-state index contributed by atoms with van der Waals surface area (Å²) >= 11 is 0. The van der Waals surface area contributed by atoms with Crippen LogP contribution < -0.4 is 5.32 Å². The molecule has 94 valence electrons. The van der Waals surface area contributed by atoms with Crippen LogP contribution in [0.15, 0.2) is 6.33 Å². The predicted octanol–water partition coefficient (Wildman–Crippen LogP) is 1.18. The van der Waals surface area contributed by atoms with Crippen LogP contribution in [0.2, 0.25) is 0 Å². The van der Waals surface area contributed by atoms with Crippen LogP contribution in [0, 0.1) is 0 Å². The Morgan fingerprint density at radius 1 is 1.29 bits per heavy atom. The van der Waals surface area contributed by atoms with E-state index in [1.807, 2.05) is 6.33 Å². The molecule has 0 aromatic carbocycles. The van der Waals surface area contributed by atoms with Crippen molar-refractivity contribution in [2.45, 2.75) is 56.7 Å². The van der Waals surface area contributed by atoms with Crippen LogP contribution >= 0.6 is 0 Å². The summed E-state index contributed by atoms with van der Waals surface area (Å²) in [6, 6.07) is 0.739. The van der Waals surface area contributed by atoms with Gasteiger partial charge in [-0.05, 0) is 19.3 Å². The third kappa shape index (κ3) is 2.21. The molecule has 1 aliphatic carbocycles. The van der Waals surface area contributed by atoms with Gasteiger partial charge in [0.1, 0.15) is 12.2 Å². The van der Waals surface area contributed by atoms with E-state index in [-0.39, 0.29) is 12.1 Å². The summed E-state index contributed by atoms with van der Waals surface area (Å²) in [5.41, 5.74) is 0. The van der Waals surface area contributed by atoms with Crippen molar-refractivity contribution in [3.05, 3.63) is 12.2 Å². The average Bonchev–Trinajstić information content (AvgIpc) is 2.98. The van der Waals surface area contributed by atoms with Gasteiger partial charge in [-0.1, -0.05) is 19.3 Å². The van der Waals surface area contributed by atoms with Gasteiger partial charge in [0, 0.05) is 12.6 Å². The lowest BCUT2D eigenvalue weighted by molar-refractivity contribution is 0.192. The molecule has 1 saturated carbocycles. The van der Waals surface area contributed by atoms with E-state index in [2.05, 4.69) is 20.1 Å². The average molecular weight is 236 g/mol. The number of aromatic nitrogens is 3. The number of nitrogens with zero attached hydrogens (tertiary/aromatic N) is 3. The third-order valence-electron chi connectivity index (χ3n) is 3.99. The van der Waals surface area contributed by atoms with E-state index in [0.717, 1.165) is 12.2 Å². The van der Waals surface area contributed by atoms with Crippen molar-refractivity contribution in [3.63, 3.8) is 0 Å². The summed E-state index contributed by atoms with van der Waals surface area (Å²) in [6.07, 6.45) is 8.82. The van der Waals surface area contributed by atoms with Gasteiger partial charge in [0.2, 0.25) is 0 Å². The quantitative estimate of drug-likeness (QED) is 0.809. The molecule has 0 amide bonds. The van der Waals surface area contributed by atoms with E-state index in [1.165, 1.54) is 32.1 Å². The molecule has 1 aliphatic heterocycles. The second-order valence-corrected chi connectivity index (χ2v) is 5.24. The molecule has 1 aromatic rings. The molecule has 2 unspecified atom stereocenters. The molecule has 0 spiro atoms.